The van der Waals surface area contributed by atoms with Crippen LogP contribution in [0.5, 0.6) is 0 Å². The zero-order chi connectivity index (χ0) is 18.7. The fourth-order valence-corrected chi connectivity index (χ4v) is 3.49. The lowest BCUT2D eigenvalue weighted by molar-refractivity contribution is -0.126. The van der Waals surface area contributed by atoms with E-state index in [0.717, 1.165) is 28.8 Å². The number of nitrogens with zero attached hydrogens (tertiary/aromatic N) is 1. The van der Waals surface area contributed by atoms with Gasteiger partial charge in [0.25, 0.3) is 0 Å². The van der Waals surface area contributed by atoms with Crippen LogP contribution in [0.3, 0.4) is 0 Å². The van der Waals surface area contributed by atoms with Crippen molar-refractivity contribution >= 4 is 29.1 Å². The number of carbonyl (C=O) groups is 2. The molecular formula is C21H23ClN2O2. The predicted molar refractivity (Wildman–Crippen MR) is 105 cm³/mol. The van der Waals surface area contributed by atoms with Gasteiger partial charge in [0.1, 0.15) is 0 Å². The molecule has 0 bridgehead atoms. The third kappa shape index (κ3) is 4.44. The Bertz CT molecular complexity index is 797. The van der Waals surface area contributed by atoms with Crippen LogP contribution in [0, 0.1) is 19.8 Å². The molecule has 1 saturated heterocycles. The van der Waals surface area contributed by atoms with Gasteiger partial charge in [0.05, 0.1) is 5.92 Å². The van der Waals surface area contributed by atoms with Crippen molar-refractivity contribution in [1.82, 2.24) is 5.32 Å². The van der Waals surface area contributed by atoms with Gasteiger partial charge in [-0.3, -0.25) is 9.59 Å². The average Bonchev–Trinajstić information content (AvgIpc) is 2.98. The first-order valence-electron chi connectivity index (χ1n) is 8.83. The largest absolute Gasteiger partial charge is 0.355 e. The lowest BCUT2D eigenvalue weighted by Gasteiger charge is -2.18. The fourth-order valence-electron chi connectivity index (χ4n) is 3.36. The Labute approximate surface area is 159 Å². The third-order valence-corrected chi connectivity index (χ3v) is 4.89. The van der Waals surface area contributed by atoms with Crippen LogP contribution >= 0.6 is 11.6 Å². The van der Waals surface area contributed by atoms with Crippen LogP contribution in [0.2, 0.25) is 5.02 Å². The number of halogens is 1. The zero-order valence-electron chi connectivity index (χ0n) is 15.1. The van der Waals surface area contributed by atoms with E-state index >= 15 is 0 Å². The summed E-state index contributed by atoms with van der Waals surface area (Å²) in [4.78, 5) is 26.5. The Morgan fingerprint density at radius 3 is 2.46 bits per heavy atom. The molecule has 2 aromatic rings. The second-order valence-corrected chi connectivity index (χ2v) is 7.36. The number of nitrogens with one attached hydrogen (secondary N) is 1. The molecule has 4 nitrogen and oxygen atoms in total. The number of carbonyl (C=O) groups excluding carboxylic acids is 2. The SMILES string of the molecule is Cc1cc(C)cc(N2CC(C(=O)NCCc3ccc(Cl)cc3)CC2=O)c1. The summed E-state index contributed by atoms with van der Waals surface area (Å²) in [6.45, 7) is 5.01. The van der Waals surface area contributed by atoms with Gasteiger partial charge in [-0.2, -0.15) is 0 Å². The molecule has 1 N–H and O–H groups in total. The van der Waals surface area contributed by atoms with Crippen molar-refractivity contribution in [1.29, 1.82) is 0 Å². The summed E-state index contributed by atoms with van der Waals surface area (Å²) in [5, 5.41) is 3.65. The van der Waals surface area contributed by atoms with Gasteiger partial charge in [-0.1, -0.05) is 29.8 Å². The van der Waals surface area contributed by atoms with Crippen LogP contribution in [-0.2, 0) is 16.0 Å². The molecule has 1 unspecified atom stereocenters. The van der Waals surface area contributed by atoms with Crippen molar-refractivity contribution in [3.8, 4) is 0 Å². The van der Waals surface area contributed by atoms with E-state index in [4.69, 9.17) is 11.6 Å². The van der Waals surface area contributed by atoms with Crippen molar-refractivity contribution in [3.63, 3.8) is 0 Å². The van der Waals surface area contributed by atoms with Crippen molar-refractivity contribution in [2.24, 2.45) is 5.92 Å². The van der Waals surface area contributed by atoms with E-state index in [9.17, 15) is 9.59 Å². The van der Waals surface area contributed by atoms with Crippen molar-refractivity contribution in [3.05, 3.63) is 64.2 Å². The summed E-state index contributed by atoms with van der Waals surface area (Å²) in [5.74, 6) is -0.347. The number of amides is 2. The van der Waals surface area contributed by atoms with Crippen molar-refractivity contribution in [2.45, 2.75) is 26.7 Å². The minimum Gasteiger partial charge on any atom is -0.355 e. The standard InChI is InChI=1S/C21H23ClN2O2/c1-14-9-15(2)11-19(10-14)24-13-17(12-20(24)25)21(26)23-8-7-16-3-5-18(22)6-4-16/h3-6,9-11,17H,7-8,12-13H2,1-2H3,(H,23,26). The van der Waals surface area contributed by atoms with E-state index < -0.39 is 0 Å². The van der Waals surface area contributed by atoms with Crippen LogP contribution in [0.4, 0.5) is 5.69 Å². The van der Waals surface area contributed by atoms with Crippen molar-refractivity contribution < 1.29 is 9.59 Å². The molecule has 1 aliphatic heterocycles. The molecule has 0 spiro atoms. The van der Waals surface area contributed by atoms with E-state index in [2.05, 4.69) is 11.4 Å². The summed E-state index contributed by atoms with van der Waals surface area (Å²) >= 11 is 5.87. The Balaban J connectivity index is 1.55. The highest BCUT2D eigenvalue weighted by molar-refractivity contribution is 6.30. The molecule has 1 fully saturated rings. The Kier molecular flexibility index (Phi) is 5.62. The molecule has 0 radical (unpaired) electrons. The summed E-state index contributed by atoms with van der Waals surface area (Å²) in [7, 11) is 0. The van der Waals surface area contributed by atoms with Crippen LogP contribution in [0.25, 0.3) is 0 Å². The molecule has 1 heterocycles. The zero-order valence-corrected chi connectivity index (χ0v) is 15.8. The average molecular weight is 371 g/mol. The molecule has 136 valence electrons. The molecule has 0 aromatic heterocycles. The second kappa shape index (κ2) is 7.92. The minimum absolute atomic E-state index is 0.00727. The number of hydrogen-bond acceptors (Lipinski definition) is 2. The predicted octanol–water partition coefficient (Wildman–Crippen LogP) is 3.67. The van der Waals surface area contributed by atoms with Gasteiger partial charge in [0.2, 0.25) is 11.8 Å². The highest BCUT2D eigenvalue weighted by Crippen LogP contribution is 2.27. The molecule has 5 heteroatoms. The van der Waals surface area contributed by atoms with Gasteiger partial charge in [0, 0.05) is 30.2 Å². The highest BCUT2D eigenvalue weighted by Gasteiger charge is 2.35. The molecular weight excluding hydrogens is 348 g/mol. The molecule has 26 heavy (non-hydrogen) atoms. The van der Waals surface area contributed by atoms with Crippen LogP contribution in [0.1, 0.15) is 23.1 Å². The van der Waals surface area contributed by atoms with E-state index in [0.29, 0.717) is 18.1 Å². The summed E-state index contributed by atoms with van der Waals surface area (Å²) in [6, 6.07) is 13.7. The normalized spacial score (nSPS) is 16.8. The molecule has 1 aliphatic rings. The number of aryl methyl sites for hydroxylation is 2. The van der Waals surface area contributed by atoms with Gasteiger partial charge < -0.3 is 10.2 Å². The van der Waals surface area contributed by atoms with Crippen LogP contribution in [0.15, 0.2) is 42.5 Å². The first-order chi connectivity index (χ1) is 12.4. The molecule has 1 atom stereocenters. The Morgan fingerprint density at radius 2 is 1.81 bits per heavy atom. The van der Waals surface area contributed by atoms with Crippen molar-refractivity contribution in [2.75, 3.05) is 18.0 Å². The third-order valence-electron chi connectivity index (χ3n) is 4.64. The van der Waals surface area contributed by atoms with E-state index in [-0.39, 0.29) is 24.2 Å². The summed E-state index contributed by atoms with van der Waals surface area (Å²) in [5.41, 5.74) is 4.23. The molecule has 3 rings (SSSR count). The lowest BCUT2D eigenvalue weighted by Crippen LogP contribution is -2.34. The van der Waals surface area contributed by atoms with Gasteiger partial charge in [-0.15, -0.1) is 0 Å². The number of rotatable bonds is 5. The maximum Gasteiger partial charge on any atom is 0.227 e. The molecule has 2 aromatic carbocycles. The van der Waals surface area contributed by atoms with E-state index in [1.165, 1.54) is 0 Å². The van der Waals surface area contributed by atoms with Crippen LogP contribution < -0.4 is 10.2 Å². The topological polar surface area (TPSA) is 49.4 Å². The number of hydrogen-bond donors (Lipinski definition) is 1. The smallest absolute Gasteiger partial charge is 0.227 e. The fraction of sp³-hybridized carbons (Fsp3) is 0.333. The van der Waals surface area contributed by atoms with Gasteiger partial charge >= 0.3 is 0 Å². The molecule has 0 aliphatic carbocycles. The van der Waals surface area contributed by atoms with Gasteiger partial charge in [-0.05, 0) is 61.2 Å². The number of anilines is 1. The van der Waals surface area contributed by atoms with Gasteiger partial charge in [-0.25, -0.2) is 0 Å². The summed E-state index contributed by atoms with van der Waals surface area (Å²) in [6.07, 6.45) is 1.00. The summed E-state index contributed by atoms with van der Waals surface area (Å²) < 4.78 is 0. The number of benzene rings is 2. The molecule has 2 amide bonds. The Morgan fingerprint density at radius 1 is 1.15 bits per heavy atom. The second-order valence-electron chi connectivity index (χ2n) is 6.92. The minimum atomic E-state index is -0.298. The quantitative estimate of drug-likeness (QED) is 0.873. The lowest BCUT2D eigenvalue weighted by atomic mass is 10.1. The van der Waals surface area contributed by atoms with Crippen LogP contribution in [-0.4, -0.2) is 24.9 Å². The first-order valence-corrected chi connectivity index (χ1v) is 9.21. The highest BCUT2D eigenvalue weighted by atomic mass is 35.5. The van der Waals surface area contributed by atoms with E-state index in [1.807, 2.05) is 50.2 Å². The first kappa shape index (κ1) is 18.5. The maximum atomic E-state index is 12.4. The van der Waals surface area contributed by atoms with E-state index in [1.54, 1.807) is 4.90 Å². The Hall–Kier alpha value is -2.33. The maximum absolute atomic E-state index is 12.4. The molecule has 0 saturated carbocycles. The van der Waals surface area contributed by atoms with Gasteiger partial charge in [0.15, 0.2) is 0 Å². The monoisotopic (exact) mass is 370 g/mol.